The van der Waals surface area contributed by atoms with Crippen LogP contribution in [0.25, 0.3) is 10.9 Å². The van der Waals surface area contributed by atoms with Gasteiger partial charge >= 0.3 is 0 Å². The van der Waals surface area contributed by atoms with Crippen LogP contribution in [0.4, 0.5) is 0 Å². The number of nitrogens with zero attached hydrogens (tertiary/aromatic N) is 2. The zero-order chi connectivity index (χ0) is 17.1. The number of benzene rings is 1. The summed E-state index contributed by atoms with van der Waals surface area (Å²) in [6, 6.07) is 7.52. The molecule has 1 atom stereocenters. The summed E-state index contributed by atoms with van der Waals surface area (Å²) in [6.07, 6.45) is 1.98. The van der Waals surface area contributed by atoms with Crippen molar-refractivity contribution in [3.8, 4) is 0 Å². The summed E-state index contributed by atoms with van der Waals surface area (Å²) in [7, 11) is 1.60. The Morgan fingerprint density at radius 1 is 1.46 bits per heavy atom. The fraction of sp³-hybridized carbons (Fsp3) is 0.471. The van der Waals surface area contributed by atoms with Crippen molar-refractivity contribution in [2.45, 2.75) is 37.0 Å². The van der Waals surface area contributed by atoms with Crippen molar-refractivity contribution in [2.75, 3.05) is 19.5 Å². The molecule has 0 saturated heterocycles. The van der Waals surface area contributed by atoms with Crippen LogP contribution in [-0.4, -0.2) is 41.0 Å². The summed E-state index contributed by atoms with van der Waals surface area (Å²) in [4.78, 5) is 29.4. The Hall–Kier alpha value is -1.86. The Balaban J connectivity index is 1.80. The maximum atomic E-state index is 12.7. The zero-order valence-corrected chi connectivity index (χ0v) is 14.6. The van der Waals surface area contributed by atoms with Gasteiger partial charge in [0, 0.05) is 19.2 Å². The van der Waals surface area contributed by atoms with Crippen molar-refractivity contribution in [3.63, 3.8) is 0 Å². The van der Waals surface area contributed by atoms with Crippen LogP contribution in [0.2, 0.25) is 0 Å². The SMILES string of the molecule is COC[C@@H](C)NC(=O)CSc1nc2ccccc2c(=O)n1C1CC1. The van der Waals surface area contributed by atoms with Crippen LogP contribution < -0.4 is 10.9 Å². The molecule has 2 aromatic rings. The van der Waals surface area contributed by atoms with E-state index in [4.69, 9.17) is 4.74 Å². The Labute approximate surface area is 144 Å². The molecule has 1 N–H and O–H groups in total. The van der Waals surface area contributed by atoms with Gasteiger partial charge in [-0.25, -0.2) is 4.98 Å². The molecule has 1 heterocycles. The van der Waals surface area contributed by atoms with Crippen molar-refractivity contribution < 1.29 is 9.53 Å². The predicted molar refractivity (Wildman–Crippen MR) is 94.5 cm³/mol. The van der Waals surface area contributed by atoms with Crippen LogP contribution >= 0.6 is 11.8 Å². The smallest absolute Gasteiger partial charge is 0.262 e. The molecule has 3 rings (SSSR count). The number of para-hydroxylation sites is 1. The lowest BCUT2D eigenvalue weighted by atomic mass is 10.2. The number of rotatable bonds is 7. The summed E-state index contributed by atoms with van der Waals surface area (Å²) in [5.41, 5.74) is 0.661. The van der Waals surface area contributed by atoms with E-state index in [1.54, 1.807) is 17.7 Å². The topological polar surface area (TPSA) is 73.2 Å². The number of thioether (sulfide) groups is 1. The van der Waals surface area contributed by atoms with Gasteiger partial charge in [-0.05, 0) is 31.9 Å². The molecule has 0 unspecified atom stereocenters. The minimum absolute atomic E-state index is 0.0150. The number of ether oxygens (including phenoxy) is 1. The monoisotopic (exact) mass is 347 g/mol. The molecule has 1 aliphatic rings. The van der Waals surface area contributed by atoms with E-state index in [0.29, 0.717) is 22.7 Å². The van der Waals surface area contributed by atoms with Gasteiger partial charge in [-0.3, -0.25) is 14.2 Å². The Bertz CT molecular complexity index is 801. The van der Waals surface area contributed by atoms with E-state index in [2.05, 4.69) is 10.3 Å². The van der Waals surface area contributed by atoms with Crippen molar-refractivity contribution >= 4 is 28.6 Å². The van der Waals surface area contributed by atoms with E-state index in [0.717, 1.165) is 12.8 Å². The van der Waals surface area contributed by atoms with Gasteiger partial charge in [0.05, 0.1) is 23.3 Å². The molecule has 1 amide bonds. The second-order valence-electron chi connectivity index (χ2n) is 6.03. The van der Waals surface area contributed by atoms with Gasteiger partial charge in [0.15, 0.2) is 5.16 Å². The highest BCUT2D eigenvalue weighted by molar-refractivity contribution is 7.99. The van der Waals surface area contributed by atoms with Gasteiger partial charge in [0.25, 0.3) is 5.56 Å². The van der Waals surface area contributed by atoms with Gasteiger partial charge in [-0.2, -0.15) is 0 Å². The van der Waals surface area contributed by atoms with E-state index < -0.39 is 0 Å². The number of carbonyl (C=O) groups is 1. The first kappa shape index (κ1) is 17.0. The van der Waals surface area contributed by atoms with Crippen molar-refractivity contribution in [1.82, 2.24) is 14.9 Å². The number of nitrogens with one attached hydrogen (secondary N) is 1. The van der Waals surface area contributed by atoms with Crippen LogP contribution in [-0.2, 0) is 9.53 Å². The Kier molecular flexibility index (Phi) is 5.20. The van der Waals surface area contributed by atoms with Crippen LogP contribution in [0.1, 0.15) is 25.8 Å². The number of hydrogen-bond donors (Lipinski definition) is 1. The molecule has 1 saturated carbocycles. The first-order chi connectivity index (χ1) is 11.6. The minimum atomic E-state index is -0.0886. The summed E-state index contributed by atoms with van der Waals surface area (Å²) in [6.45, 7) is 2.36. The third kappa shape index (κ3) is 3.79. The largest absolute Gasteiger partial charge is 0.383 e. The van der Waals surface area contributed by atoms with Crippen molar-refractivity contribution in [1.29, 1.82) is 0 Å². The Morgan fingerprint density at radius 2 is 2.21 bits per heavy atom. The number of aromatic nitrogens is 2. The second-order valence-corrected chi connectivity index (χ2v) is 6.97. The molecule has 0 aliphatic heterocycles. The molecule has 1 aliphatic carbocycles. The van der Waals surface area contributed by atoms with Gasteiger partial charge in [0.1, 0.15) is 0 Å². The summed E-state index contributed by atoms with van der Waals surface area (Å²) >= 11 is 1.31. The number of fused-ring (bicyclic) bond motifs is 1. The molecule has 0 radical (unpaired) electrons. The van der Waals surface area contributed by atoms with E-state index in [-0.39, 0.29) is 29.3 Å². The lowest BCUT2D eigenvalue weighted by Crippen LogP contribution is -2.36. The van der Waals surface area contributed by atoms with Gasteiger partial charge in [-0.15, -0.1) is 0 Å². The third-order valence-corrected chi connectivity index (χ3v) is 4.80. The van der Waals surface area contributed by atoms with Crippen molar-refractivity contribution in [3.05, 3.63) is 34.6 Å². The van der Waals surface area contributed by atoms with E-state index in [1.165, 1.54) is 11.8 Å². The molecule has 128 valence electrons. The molecule has 7 heteroatoms. The summed E-state index contributed by atoms with van der Waals surface area (Å²) < 4.78 is 6.76. The van der Waals surface area contributed by atoms with Crippen molar-refractivity contribution in [2.24, 2.45) is 0 Å². The number of amides is 1. The highest BCUT2D eigenvalue weighted by atomic mass is 32.2. The average Bonchev–Trinajstić information content (AvgIpc) is 3.38. The first-order valence-corrected chi connectivity index (χ1v) is 9.01. The van der Waals surface area contributed by atoms with Gasteiger partial charge < -0.3 is 10.1 Å². The highest BCUT2D eigenvalue weighted by Crippen LogP contribution is 2.36. The number of hydrogen-bond acceptors (Lipinski definition) is 5. The fourth-order valence-electron chi connectivity index (χ4n) is 2.62. The maximum Gasteiger partial charge on any atom is 0.262 e. The van der Waals surface area contributed by atoms with Gasteiger partial charge in [-0.1, -0.05) is 23.9 Å². The van der Waals surface area contributed by atoms with Crippen LogP contribution in [0.15, 0.2) is 34.2 Å². The zero-order valence-electron chi connectivity index (χ0n) is 13.8. The lowest BCUT2D eigenvalue weighted by Gasteiger charge is -2.14. The van der Waals surface area contributed by atoms with Crippen LogP contribution in [0.3, 0.4) is 0 Å². The summed E-state index contributed by atoms with van der Waals surface area (Å²) in [5, 5.41) is 4.12. The average molecular weight is 347 g/mol. The quantitative estimate of drug-likeness (QED) is 0.612. The molecular formula is C17H21N3O3S. The maximum absolute atomic E-state index is 12.7. The lowest BCUT2D eigenvalue weighted by molar-refractivity contribution is -0.119. The minimum Gasteiger partial charge on any atom is -0.383 e. The molecule has 6 nitrogen and oxygen atoms in total. The molecule has 1 aromatic heterocycles. The third-order valence-electron chi connectivity index (χ3n) is 3.84. The normalized spacial score (nSPS) is 15.4. The Morgan fingerprint density at radius 3 is 2.92 bits per heavy atom. The first-order valence-electron chi connectivity index (χ1n) is 8.02. The molecule has 0 bridgehead atoms. The van der Waals surface area contributed by atoms with E-state index in [9.17, 15) is 9.59 Å². The second kappa shape index (κ2) is 7.36. The van der Waals surface area contributed by atoms with E-state index in [1.807, 2.05) is 25.1 Å². The van der Waals surface area contributed by atoms with E-state index >= 15 is 0 Å². The van der Waals surface area contributed by atoms with Crippen LogP contribution in [0.5, 0.6) is 0 Å². The number of carbonyl (C=O) groups excluding carboxylic acids is 1. The standard InChI is InChI=1S/C17H21N3O3S/c1-11(9-23-2)18-15(21)10-24-17-19-14-6-4-3-5-13(14)16(22)20(17)12-7-8-12/h3-6,11-12H,7-10H2,1-2H3,(H,18,21)/t11-/m1/s1. The molecule has 24 heavy (non-hydrogen) atoms. The highest BCUT2D eigenvalue weighted by Gasteiger charge is 2.28. The predicted octanol–water partition coefficient (Wildman–Crippen LogP) is 1.97. The molecule has 1 fully saturated rings. The van der Waals surface area contributed by atoms with Crippen LogP contribution in [0, 0.1) is 0 Å². The molecule has 1 aromatic carbocycles. The van der Waals surface area contributed by atoms with Gasteiger partial charge in [0.2, 0.25) is 5.91 Å². The molecular weight excluding hydrogens is 326 g/mol. The molecule has 0 spiro atoms. The fourth-order valence-corrected chi connectivity index (χ4v) is 3.50. The summed E-state index contributed by atoms with van der Waals surface area (Å²) in [5.74, 6) is 0.139. The number of methoxy groups -OCH3 is 1.